The van der Waals surface area contributed by atoms with Crippen LogP contribution in [0.4, 0.5) is 17.5 Å². The molecule has 7 heteroatoms. The molecule has 33 heavy (non-hydrogen) atoms. The first-order valence-corrected chi connectivity index (χ1v) is 11.4. The highest BCUT2D eigenvalue weighted by Crippen LogP contribution is 2.23. The van der Waals surface area contributed by atoms with Gasteiger partial charge in [-0.1, -0.05) is 29.8 Å². The summed E-state index contributed by atoms with van der Waals surface area (Å²) in [5.41, 5.74) is 3.40. The molecule has 3 aromatic rings. The van der Waals surface area contributed by atoms with Crippen LogP contribution in [0.2, 0.25) is 0 Å². The molecule has 1 aliphatic heterocycles. The van der Waals surface area contributed by atoms with Gasteiger partial charge in [0.1, 0.15) is 11.6 Å². The minimum Gasteiger partial charge on any atom is -0.497 e. The van der Waals surface area contributed by atoms with E-state index in [1.165, 1.54) is 11.1 Å². The Labute approximate surface area is 195 Å². The van der Waals surface area contributed by atoms with Gasteiger partial charge in [0, 0.05) is 37.4 Å². The number of nitrogens with zero attached hydrogens (tertiary/aromatic N) is 3. The summed E-state index contributed by atoms with van der Waals surface area (Å²) >= 11 is 0. The number of rotatable bonds is 8. The molecule has 4 rings (SSSR count). The standard InChI is InChI=1S/C26H31N5O2/c1-19-3-7-22(8-4-19)29-24-12-16-28-26(30-24)31-17-13-21(14-18-31)25(32)27-15-11-20-5-9-23(33-2)10-6-20/h3-10,12,16,21H,11,13-15,17-18H2,1-2H3,(H,27,32)(H,28,29,30). The van der Waals surface area contributed by atoms with Gasteiger partial charge < -0.3 is 20.3 Å². The second kappa shape index (κ2) is 10.8. The molecule has 0 atom stereocenters. The molecule has 0 saturated carbocycles. The molecule has 2 N–H and O–H groups in total. The lowest BCUT2D eigenvalue weighted by molar-refractivity contribution is -0.125. The zero-order valence-electron chi connectivity index (χ0n) is 19.3. The van der Waals surface area contributed by atoms with Gasteiger partial charge in [-0.15, -0.1) is 0 Å². The number of piperidine rings is 1. The van der Waals surface area contributed by atoms with Crippen molar-refractivity contribution in [2.24, 2.45) is 5.92 Å². The van der Waals surface area contributed by atoms with Crippen LogP contribution in [0.1, 0.15) is 24.0 Å². The fourth-order valence-electron chi connectivity index (χ4n) is 3.96. The van der Waals surface area contributed by atoms with Gasteiger partial charge in [-0.2, -0.15) is 4.98 Å². The summed E-state index contributed by atoms with van der Waals surface area (Å²) in [6, 6.07) is 18.0. The minimum atomic E-state index is 0.0333. The Bertz CT molecular complexity index is 1050. The van der Waals surface area contributed by atoms with Crippen LogP contribution >= 0.6 is 0 Å². The summed E-state index contributed by atoms with van der Waals surface area (Å²) in [6.07, 6.45) is 4.18. The van der Waals surface area contributed by atoms with E-state index in [0.717, 1.165) is 49.6 Å². The zero-order valence-corrected chi connectivity index (χ0v) is 19.3. The molecule has 2 heterocycles. The predicted octanol–water partition coefficient (Wildman–Crippen LogP) is 4.11. The van der Waals surface area contributed by atoms with Crippen LogP contribution in [0.25, 0.3) is 0 Å². The number of hydrogen-bond donors (Lipinski definition) is 2. The molecular weight excluding hydrogens is 414 g/mol. The normalized spacial score (nSPS) is 14.1. The van der Waals surface area contributed by atoms with Crippen LogP contribution in [-0.2, 0) is 11.2 Å². The van der Waals surface area contributed by atoms with Crippen LogP contribution in [0.5, 0.6) is 5.75 Å². The van der Waals surface area contributed by atoms with E-state index in [9.17, 15) is 4.79 Å². The average Bonchev–Trinajstić information content (AvgIpc) is 2.86. The number of carbonyl (C=O) groups excluding carboxylic acids is 1. The number of aryl methyl sites for hydroxylation is 1. The molecule has 7 nitrogen and oxygen atoms in total. The van der Waals surface area contributed by atoms with E-state index in [-0.39, 0.29) is 11.8 Å². The van der Waals surface area contributed by atoms with Crippen molar-refractivity contribution in [3.63, 3.8) is 0 Å². The van der Waals surface area contributed by atoms with E-state index in [0.29, 0.717) is 12.5 Å². The largest absolute Gasteiger partial charge is 0.497 e. The second-order valence-electron chi connectivity index (χ2n) is 8.38. The van der Waals surface area contributed by atoms with Crippen LogP contribution in [0.3, 0.4) is 0 Å². The third-order valence-corrected chi connectivity index (χ3v) is 5.99. The minimum absolute atomic E-state index is 0.0333. The van der Waals surface area contributed by atoms with Crippen LogP contribution < -0.4 is 20.3 Å². The van der Waals surface area contributed by atoms with E-state index >= 15 is 0 Å². The van der Waals surface area contributed by atoms with Crippen molar-refractivity contribution in [3.8, 4) is 5.75 Å². The van der Waals surface area contributed by atoms with Crippen molar-refractivity contribution < 1.29 is 9.53 Å². The molecule has 1 amide bonds. The molecule has 0 radical (unpaired) electrons. The highest BCUT2D eigenvalue weighted by Gasteiger charge is 2.26. The zero-order chi connectivity index (χ0) is 23.0. The smallest absolute Gasteiger partial charge is 0.227 e. The Hall–Kier alpha value is -3.61. The summed E-state index contributed by atoms with van der Waals surface area (Å²) in [6.45, 7) is 4.24. The van der Waals surface area contributed by atoms with E-state index in [1.807, 2.05) is 42.5 Å². The molecule has 0 spiro atoms. The summed E-state index contributed by atoms with van der Waals surface area (Å²) < 4.78 is 5.18. The van der Waals surface area contributed by atoms with E-state index < -0.39 is 0 Å². The van der Waals surface area contributed by atoms with Crippen molar-refractivity contribution in [2.75, 3.05) is 37.0 Å². The lowest BCUT2D eigenvalue weighted by atomic mass is 9.96. The molecule has 2 aromatic carbocycles. The Kier molecular flexibility index (Phi) is 7.40. The number of anilines is 3. The molecular formula is C26H31N5O2. The third-order valence-electron chi connectivity index (χ3n) is 5.99. The second-order valence-corrected chi connectivity index (χ2v) is 8.38. The van der Waals surface area contributed by atoms with Gasteiger partial charge in [-0.3, -0.25) is 4.79 Å². The predicted molar refractivity (Wildman–Crippen MR) is 131 cm³/mol. The number of nitrogens with one attached hydrogen (secondary N) is 2. The summed E-state index contributed by atoms with van der Waals surface area (Å²) in [5.74, 6) is 2.48. The quantitative estimate of drug-likeness (QED) is 0.543. The molecule has 1 aliphatic rings. The van der Waals surface area contributed by atoms with Gasteiger partial charge in [0.2, 0.25) is 11.9 Å². The van der Waals surface area contributed by atoms with Crippen LogP contribution in [-0.4, -0.2) is 42.6 Å². The topological polar surface area (TPSA) is 79.4 Å². The van der Waals surface area contributed by atoms with Crippen molar-refractivity contribution in [2.45, 2.75) is 26.2 Å². The molecule has 0 unspecified atom stereocenters. The Morgan fingerprint density at radius 3 is 2.48 bits per heavy atom. The number of methoxy groups -OCH3 is 1. The van der Waals surface area contributed by atoms with Crippen LogP contribution in [0, 0.1) is 12.8 Å². The average molecular weight is 446 g/mol. The first kappa shape index (κ1) is 22.6. The summed E-state index contributed by atoms with van der Waals surface area (Å²) in [7, 11) is 1.66. The fraction of sp³-hybridized carbons (Fsp3) is 0.346. The third kappa shape index (κ3) is 6.22. The van der Waals surface area contributed by atoms with Crippen molar-refractivity contribution in [3.05, 3.63) is 71.9 Å². The monoisotopic (exact) mass is 445 g/mol. The molecule has 1 fully saturated rings. The van der Waals surface area contributed by atoms with Gasteiger partial charge in [-0.05, 0) is 62.1 Å². The maximum absolute atomic E-state index is 12.6. The van der Waals surface area contributed by atoms with Crippen molar-refractivity contribution in [1.29, 1.82) is 0 Å². The first-order valence-electron chi connectivity index (χ1n) is 11.4. The highest BCUT2D eigenvalue weighted by atomic mass is 16.5. The van der Waals surface area contributed by atoms with Crippen molar-refractivity contribution >= 4 is 23.4 Å². The maximum atomic E-state index is 12.6. The van der Waals surface area contributed by atoms with Gasteiger partial charge in [0.15, 0.2) is 0 Å². The summed E-state index contributed by atoms with van der Waals surface area (Å²) in [5, 5.41) is 6.43. The molecule has 0 aliphatic carbocycles. The molecule has 172 valence electrons. The summed E-state index contributed by atoms with van der Waals surface area (Å²) in [4.78, 5) is 23.9. The lowest BCUT2D eigenvalue weighted by Gasteiger charge is -2.31. The fourth-order valence-corrected chi connectivity index (χ4v) is 3.96. The van der Waals surface area contributed by atoms with Gasteiger partial charge in [0.25, 0.3) is 0 Å². The lowest BCUT2D eigenvalue weighted by Crippen LogP contribution is -2.41. The first-order chi connectivity index (χ1) is 16.1. The number of amides is 1. The highest BCUT2D eigenvalue weighted by molar-refractivity contribution is 5.79. The van der Waals surface area contributed by atoms with E-state index in [2.05, 4.69) is 44.6 Å². The number of hydrogen-bond acceptors (Lipinski definition) is 6. The molecule has 1 saturated heterocycles. The van der Waals surface area contributed by atoms with Crippen LogP contribution in [0.15, 0.2) is 60.8 Å². The molecule has 1 aromatic heterocycles. The maximum Gasteiger partial charge on any atom is 0.227 e. The van der Waals surface area contributed by atoms with Gasteiger partial charge >= 0.3 is 0 Å². The Balaban J connectivity index is 1.24. The number of carbonyl (C=O) groups is 1. The number of benzene rings is 2. The SMILES string of the molecule is COc1ccc(CCNC(=O)C2CCN(c3nccc(Nc4ccc(C)cc4)n3)CC2)cc1. The Morgan fingerprint density at radius 1 is 1.06 bits per heavy atom. The number of ether oxygens (including phenoxy) is 1. The Morgan fingerprint density at radius 2 is 1.79 bits per heavy atom. The molecule has 0 bridgehead atoms. The van der Waals surface area contributed by atoms with Crippen molar-refractivity contribution in [1.82, 2.24) is 15.3 Å². The van der Waals surface area contributed by atoms with E-state index in [1.54, 1.807) is 13.3 Å². The van der Waals surface area contributed by atoms with Gasteiger partial charge in [-0.25, -0.2) is 4.98 Å². The van der Waals surface area contributed by atoms with E-state index in [4.69, 9.17) is 4.74 Å². The van der Waals surface area contributed by atoms with Gasteiger partial charge in [0.05, 0.1) is 7.11 Å². The number of aromatic nitrogens is 2.